The summed E-state index contributed by atoms with van der Waals surface area (Å²) in [6.07, 6.45) is 1.16. The maximum atomic E-state index is 4.13. The molecule has 0 spiro atoms. The van der Waals surface area contributed by atoms with E-state index in [4.69, 9.17) is 0 Å². The summed E-state index contributed by atoms with van der Waals surface area (Å²) >= 11 is 3.30. The quantitative estimate of drug-likeness (QED) is 0.871. The number of hydrogen-bond donors (Lipinski definition) is 1. The van der Waals surface area contributed by atoms with Crippen LogP contribution in [-0.2, 0) is 0 Å². The van der Waals surface area contributed by atoms with Gasteiger partial charge in [0.1, 0.15) is 5.01 Å². The molecule has 0 bridgehead atoms. The van der Waals surface area contributed by atoms with Gasteiger partial charge in [0.25, 0.3) is 0 Å². The zero-order valence-electron chi connectivity index (χ0n) is 11.5. The van der Waals surface area contributed by atoms with Crippen molar-refractivity contribution in [1.29, 1.82) is 0 Å². The Kier molecular flexibility index (Phi) is 5.36. The summed E-state index contributed by atoms with van der Waals surface area (Å²) in [6, 6.07) is 9.08. The van der Waals surface area contributed by atoms with E-state index in [1.165, 1.54) is 10.5 Å². The first-order valence-electron chi connectivity index (χ1n) is 6.50. The van der Waals surface area contributed by atoms with Gasteiger partial charge in [-0.15, -0.1) is 10.2 Å². The lowest BCUT2D eigenvalue weighted by Gasteiger charge is -2.13. The number of aromatic nitrogens is 2. The van der Waals surface area contributed by atoms with Crippen LogP contribution in [0.1, 0.15) is 36.9 Å². The van der Waals surface area contributed by atoms with Crippen LogP contribution in [0.25, 0.3) is 0 Å². The van der Waals surface area contributed by atoms with Crippen molar-refractivity contribution in [2.75, 3.05) is 6.54 Å². The van der Waals surface area contributed by atoms with E-state index in [2.05, 4.69) is 53.6 Å². The highest BCUT2D eigenvalue weighted by Crippen LogP contribution is 2.30. The van der Waals surface area contributed by atoms with E-state index in [9.17, 15) is 0 Å². The summed E-state index contributed by atoms with van der Waals surface area (Å²) in [6.45, 7) is 7.42. The zero-order chi connectivity index (χ0) is 13.7. The molecule has 0 aliphatic rings. The SMILES string of the molecule is CCCNC(C)c1ccc(Sc2nnc(C)s2)cc1. The van der Waals surface area contributed by atoms with E-state index in [0.29, 0.717) is 6.04 Å². The van der Waals surface area contributed by atoms with Crippen LogP contribution >= 0.6 is 23.1 Å². The molecule has 0 saturated carbocycles. The molecule has 5 heteroatoms. The summed E-state index contributed by atoms with van der Waals surface area (Å²) in [5.74, 6) is 0. The van der Waals surface area contributed by atoms with Gasteiger partial charge in [0.15, 0.2) is 4.34 Å². The number of benzene rings is 1. The Labute approximate surface area is 122 Å². The van der Waals surface area contributed by atoms with Crippen molar-refractivity contribution >= 4 is 23.1 Å². The van der Waals surface area contributed by atoms with Gasteiger partial charge in [-0.25, -0.2) is 0 Å². The smallest absolute Gasteiger partial charge is 0.179 e. The van der Waals surface area contributed by atoms with Crippen LogP contribution < -0.4 is 5.32 Å². The lowest BCUT2D eigenvalue weighted by Crippen LogP contribution is -2.19. The summed E-state index contributed by atoms with van der Waals surface area (Å²) in [7, 11) is 0. The fourth-order valence-corrected chi connectivity index (χ4v) is 3.51. The molecular formula is C14H19N3S2. The van der Waals surface area contributed by atoms with Gasteiger partial charge in [-0.1, -0.05) is 42.2 Å². The zero-order valence-corrected chi connectivity index (χ0v) is 13.1. The lowest BCUT2D eigenvalue weighted by molar-refractivity contribution is 0.570. The Morgan fingerprint density at radius 3 is 2.58 bits per heavy atom. The standard InChI is InChI=1S/C14H19N3S2/c1-4-9-15-10(2)12-5-7-13(8-6-12)19-14-17-16-11(3)18-14/h5-8,10,15H,4,9H2,1-3H3. The first kappa shape index (κ1) is 14.5. The van der Waals surface area contributed by atoms with Crippen molar-refractivity contribution in [2.24, 2.45) is 0 Å². The second-order valence-electron chi connectivity index (χ2n) is 4.43. The number of nitrogens with one attached hydrogen (secondary N) is 1. The van der Waals surface area contributed by atoms with Gasteiger partial charge in [0.05, 0.1) is 0 Å². The van der Waals surface area contributed by atoms with Crippen LogP contribution in [0.4, 0.5) is 0 Å². The normalized spacial score (nSPS) is 12.6. The van der Waals surface area contributed by atoms with Crippen LogP contribution in [-0.4, -0.2) is 16.7 Å². The molecule has 1 unspecified atom stereocenters. The third-order valence-corrected chi connectivity index (χ3v) is 4.69. The van der Waals surface area contributed by atoms with Crippen molar-refractivity contribution in [2.45, 2.75) is 42.5 Å². The van der Waals surface area contributed by atoms with Gasteiger partial charge in [0.2, 0.25) is 0 Å². The Hall–Kier alpha value is -0.910. The van der Waals surface area contributed by atoms with Gasteiger partial charge in [-0.05, 0) is 44.5 Å². The van der Waals surface area contributed by atoms with E-state index in [1.807, 2.05) is 6.92 Å². The van der Waals surface area contributed by atoms with E-state index >= 15 is 0 Å². The predicted molar refractivity (Wildman–Crippen MR) is 81.9 cm³/mol. The molecule has 102 valence electrons. The Morgan fingerprint density at radius 1 is 1.26 bits per heavy atom. The fraction of sp³-hybridized carbons (Fsp3) is 0.429. The molecule has 2 aromatic rings. The van der Waals surface area contributed by atoms with Crippen molar-refractivity contribution in [3.8, 4) is 0 Å². The first-order valence-corrected chi connectivity index (χ1v) is 8.13. The highest BCUT2D eigenvalue weighted by atomic mass is 32.2. The third kappa shape index (κ3) is 4.30. The summed E-state index contributed by atoms with van der Waals surface area (Å²) in [5, 5.41) is 12.7. The first-order chi connectivity index (χ1) is 9.19. The van der Waals surface area contributed by atoms with E-state index in [1.54, 1.807) is 23.1 Å². The second-order valence-corrected chi connectivity index (χ2v) is 6.94. The molecular weight excluding hydrogens is 274 g/mol. The van der Waals surface area contributed by atoms with Gasteiger partial charge in [-0.3, -0.25) is 0 Å². The third-order valence-electron chi connectivity index (χ3n) is 2.79. The van der Waals surface area contributed by atoms with Crippen LogP contribution in [0.15, 0.2) is 33.5 Å². The summed E-state index contributed by atoms with van der Waals surface area (Å²) in [4.78, 5) is 1.21. The highest BCUT2D eigenvalue weighted by Gasteiger charge is 2.06. The van der Waals surface area contributed by atoms with Crippen molar-refractivity contribution in [3.63, 3.8) is 0 Å². The lowest BCUT2D eigenvalue weighted by atomic mass is 10.1. The monoisotopic (exact) mass is 293 g/mol. The average Bonchev–Trinajstić information content (AvgIpc) is 2.82. The Bertz CT molecular complexity index is 508. The van der Waals surface area contributed by atoms with Gasteiger partial charge < -0.3 is 5.32 Å². The summed E-state index contributed by atoms with van der Waals surface area (Å²) < 4.78 is 1.00. The topological polar surface area (TPSA) is 37.8 Å². The van der Waals surface area contributed by atoms with Crippen LogP contribution in [0.2, 0.25) is 0 Å². The second kappa shape index (κ2) is 7.03. The molecule has 2 rings (SSSR count). The van der Waals surface area contributed by atoms with Gasteiger partial charge in [-0.2, -0.15) is 0 Å². The van der Waals surface area contributed by atoms with Crippen LogP contribution in [0.5, 0.6) is 0 Å². The molecule has 1 heterocycles. The molecule has 0 radical (unpaired) electrons. The Morgan fingerprint density at radius 2 is 2.00 bits per heavy atom. The van der Waals surface area contributed by atoms with Gasteiger partial charge >= 0.3 is 0 Å². The fourth-order valence-electron chi connectivity index (χ4n) is 1.72. The Balaban J connectivity index is 1.98. The molecule has 1 N–H and O–H groups in total. The molecule has 0 fully saturated rings. The number of aryl methyl sites for hydroxylation is 1. The van der Waals surface area contributed by atoms with Crippen molar-refractivity contribution in [3.05, 3.63) is 34.8 Å². The van der Waals surface area contributed by atoms with Crippen LogP contribution in [0, 0.1) is 6.92 Å². The van der Waals surface area contributed by atoms with Gasteiger partial charge in [0, 0.05) is 10.9 Å². The maximum absolute atomic E-state index is 4.13. The number of hydrogen-bond acceptors (Lipinski definition) is 5. The molecule has 1 aromatic carbocycles. The van der Waals surface area contributed by atoms with Crippen molar-refractivity contribution < 1.29 is 0 Å². The van der Waals surface area contributed by atoms with Crippen molar-refractivity contribution in [1.82, 2.24) is 15.5 Å². The minimum absolute atomic E-state index is 0.405. The highest BCUT2D eigenvalue weighted by molar-refractivity contribution is 8.01. The molecule has 0 saturated heterocycles. The van der Waals surface area contributed by atoms with E-state index in [-0.39, 0.29) is 0 Å². The molecule has 0 amide bonds. The minimum atomic E-state index is 0.405. The average molecular weight is 293 g/mol. The molecule has 0 aliphatic heterocycles. The molecule has 3 nitrogen and oxygen atoms in total. The molecule has 0 aliphatic carbocycles. The molecule has 1 atom stereocenters. The molecule has 1 aromatic heterocycles. The minimum Gasteiger partial charge on any atom is -0.310 e. The van der Waals surface area contributed by atoms with E-state index < -0.39 is 0 Å². The van der Waals surface area contributed by atoms with Crippen LogP contribution in [0.3, 0.4) is 0 Å². The number of nitrogens with zero attached hydrogens (tertiary/aromatic N) is 2. The molecule has 19 heavy (non-hydrogen) atoms. The maximum Gasteiger partial charge on any atom is 0.179 e. The van der Waals surface area contributed by atoms with E-state index in [0.717, 1.165) is 22.3 Å². The number of rotatable bonds is 6. The summed E-state index contributed by atoms with van der Waals surface area (Å²) in [5.41, 5.74) is 1.33. The largest absolute Gasteiger partial charge is 0.310 e. The predicted octanol–water partition coefficient (Wildman–Crippen LogP) is 4.06.